The highest BCUT2D eigenvalue weighted by Gasteiger charge is 2.44. The van der Waals surface area contributed by atoms with E-state index in [4.69, 9.17) is 9.15 Å². The number of hydrogen-bond donors (Lipinski definition) is 7. The first-order valence-corrected chi connectivity index (χ1v) is 18.4. The van der Waals surface area contributed by atoms with Crippen LogP contribution in [-0.4, -0.2) is 47.1 Å². The second-order valence-corrected chi connectivity index (χ2v) is 15.7. The topological polar surface area (TPSA) is 198 Å². The minimum atomic E-state index is -1.01. The molecule has 0 spiro atoms. The Labute approximate surface area is 322 Å². The van der Waals surface area contributed by atoms with E-state index in [0.29, 0.717) is 29.7 Å². The Balaban J connectivity index is 1.49. The summed E-state index contributed by atoms with van der Waals surface area (Å²) in [5, 5.41) is 77.1. The van der Waals surface area contributed by atoms with Crippen LogP contribution in [0.15, 0.2) is 87.1 Å². The van der Waals surface area contributed by atoms with E-state index in [2.05, 4.69) is 0 Å². The fourth-order valence-electron chi connectivity index (χ4n) is 8.21. The highest BCUT2D eigenvalue weighted by molar-refractivity contribution is 6.02. The van der Waals surface area contributed by atoms with Crippen LogP contribution < -0.4 is 10.2 Å². The van der Waals surface area contributed by atoms with Gasteiger partial charge in [0.25, 0.3) is 0 Å². The third kappa shape index (κ3) is 6.67. The average Bonchev–Trinajstić information content (AvgIpc) is 3.10. The van der Waals surface area contributed by atoms with Crippen LogP contribution in [0.4, 0.5) is 0 Å². The van der Waals surface area contributed by atoms with Crippen molar-refractivity contribution in [3.05, 3.63) is 116 Å². The number of fused-ring (bicyclic) bond motifs is 2. The molecule has 4 aromatic carbocycles. The van der Waals surface area contributed by atoms with Crippen molar-refractivity contribution in [2.24, 2.45) is 5.92 Å². The number of ketones is 1. The van der Waals surface area contributed by atoms with Gasteiger partial charge in [-0.15, -0.1) is 0 Å². The number of allylic oxidation sites excluding steroid dienone is 4. The molecule has 1 aromatic heterocycles. The van der Waals surface area contributed by atoms with Crippen molar-refractivity contribution in [2.45, 2.75) is 77.7 Å². The summed E-state index contributed by atoms with van der Waals surface area (Å²) in [6.07, 6.45) is 4.91. The molecule has 0 saturated heterocycles. The Bertz CT molecular complexity index is 2550. The minimum Gasteiger partial charge on any atom is -0.508 e. The molecule has 2 aliphatic rings. The van der Waals surface area contributed by atoms with Gasteiger partial charge in [0.15, 0.2) is 5.78 Å². The Morgan fingerprint density at radius 3 is 2.25 bits per heavy atom. The summed E-state index contributed by atoms with van der Waals surface area (Å²) in [5.41, 5.74) is 1.26. The largest absolute Gasteiger partial charge is 0.508 e. The number of benzene rings is 4. The molecule has 11 nitrogen and oxygen atoms in total. The molecule has 0 unspecified atom stereocenters. The monoisotopic (exact) mass is 760 g/mol. The predicted molar refractivity (Wildman–Crippen MR) is 210 cm³/mol. The number of hydrogen-bond acceptors (Lipinski definition) is 11. The lowest BCUT2D eigenvalue weighted by Gasteiger charge is -2.38. The number of rotatable bonds is 7. The van der Waals surface area contributed by atoms with Crippen LogP contribution in [0.5, 0.6) is 46.0 Å². The summed E-state index contributed by atoms with van der Waals surface area (Å²) in [4.78, 5) is 29.4. The summed E-state index contributed by atoms with van der Waals surface area (Å²) in [6.45, 7) is 9.39. The van der Waals surface area contributed by atoms with Crippen molar-refractivity contribution in [3.8, 4) is 57.3 Å². The first-order chi connectivity index (χ1) is 26.5. The number of Topliss-reactive ketones (excluding diaryl/α,β-unsaturated/α-hetero) is 1. The molecule has 11 heteroatoms. The second kappa shape index (κ2) is 14.1. The number of carbonyl (C=O) groups is 1. The van der Waals surface area contributed by atoms with E-state index in [-0.39, 0.29) is 86.1 Å². The first-order valence-electron chi connectivity index (χ1n) is 18.4. The molecule has 0 bridgehead atoms. The van der Waals surface area contributed by atoms with Gasteiger partial charge in [0.2, 0.25) is 5.43 Å². The Morgan fingerprint density at radius 1 is 0.875 bits per heavy atom. The number of phenolic OH excluding ortho intramolecular Hbond substituents is 7. The van der Waals surface area contributed by atoms with Gasteiger partial charge in [-0.2, -0.15) is 0 Å². The maximum absolute atomic E-state index is 14.9. The van der Waals surface area contributed by atoms with Crippen molar-refractivity contribution in [1.29, 1.82) is 0 Å². The number of phenols is 7. The van der Waals surface area contributed by atoms with Gasteiger partial charge in [-0.3, -0.25) is 9.59 Å². The van der Waals surface area contributed by atoms with E-state index in [9.17, 15) is 45.3 Å². The third-order valence-electron chi connectivity index (χ3n) is 10.9. The van der Waals surface area contributed by atoms with Gasteiger partial charge in [-0.1, -0.05) is 29.4 Å². The lowest BCUT2D eigenvalue weighted by atomic mass is 9.65. The van der Waals surface area contributed by atoms with Gasteiger partial charge in [0, 0.05) is 52.6 Å². The Kier molecular flexibility index (Phi) is 9.52. The zero-order chi connectivity index (χ0) is 40.4. The fourth-order valence-corrected chi connectivity index (χ4v) is 8.21. The molecular formula is C45H44O11. The highest BCUT2D eigenvalue weighted by atomic mass is 16.5. The molecule has 1 aliphatic heterocycles. The highest BCUT2D eigenvalue weighted by Crippen LogP contribution is 2.55. The zero-order valence-electron chi connectivity index (χ0n) is 31.7. The number of aromatic hydroxyl groups is 7. The molecule has 0 saturated carbocycles. The van der Waals surface area contributed by atoms with Crippen LogP contribution >= 0.6 is 0 Å². The van der Waals surface area contributed by atoms with E-state index in [1.54, 1.807) is 25.1 Å². The fraction of sp³-hybridized carbons (Fsp3) is 0.289. The average molecular weight is 761 g/mol. The Hall–Kier alpha value is -6.36. The lowest BCUT2D eigenvalue weighted by molar-refractivity contribution is 0.0830. The summed E-state index contributed by atoms with van der Waals surface area (Å²) in [6, 6.07) is 12.0. The Morgan fingerprint density at radius 2 is 1.57 bits per heavy atom. The first kappa shape index (κ1) is 37.9. The van der Waals surface area contributed by atoms with Gasteiger partial charge in [0.1, 0.15) is 68.3 Å². The molecule has 0 amide bonds. The minimum absolute atomic E-state index is 0.0165. The van der Waals surface area contributed by atoms with Crippen LogP contribution in [0.1, 0.15) is 91.9 Å². The second-order valence-electron chi connectivity index (χ2n) is 15.7. The SMILES string of the molecule is CC(C)=CCc1c(-c2ccc(O)cc2O)oc2c([C@H]3C=C(C)C[C@H](C(=O)c4ccc5c(c4O)CCC(C)(C)O5)[C@@H]3c3ccc(O)cc3O)c(O)cc(O)c2c1=O. The van der Waals surface area contributed by atoms with E-state index in [0.717, 1.165) is 23.8 Å². The molecular weight excluding hydrogens is 716 g/mol. The van der Waals surface area contributed by atoms with Crippen LogP contribution in [-0.2, 0) is 12.8 Å². The molecule has 0 fully saturated rings. The van der Waals surface area contributed by atoms with Gasteiger partial charge in [-0.25, -0.2) is 0 Å². The third-order valence-corrected chi connectivity index (χ3v) is 10.9. The predicted octanol–water partition coefficient (Wildman–Crippen LogP) is 8.73. The van der Waals surface area contributed by atoms with E-state index < -0.39 is 46.1 Å². The number of carbonyl (C=O) groups excluding carboxylic acids is 1. The van der Waals surface area contributed by atoms with Gasteiger partial charge in [-0.05, 0) is 96.2 Å². The quantitative estimate of drug-likeness (QED) is 0.0618. The van der Waals surface area contributed by atoms with Crippen molar-refractivity contribution in [3.63, 3.8) is 0 Å². The molecule has 2 heterocycles. The molecule has 7 rings (SSSR count). The van der Waals surface area contributed by atoms with Crippen molar-refractivity contribution >= 4 is 16.8 Å². The van der Waals surface area contributed by atoms with Crippen LogP contribution in [0.25, 0.3) is 22.3 Å². The van der Waals surface area contributed by atoms with E-state index in [1.807, 2.05) is 27.7 Å². The number of ether oxygens (including phenoxy) is 1. The molecule has 0 radical (unpaired) electrons. The maximum Gasteiger partial charge on any atom is 0.200 e. The normalized spacial score (nSPS) is 18.8. The molecule has 1 aliphatic carbocycles. The van der Waals surface area contributed by atoms with E-state index in [1.165, 1.54) is 30.3 Å². The summed E-state index contributed by atoms with van der Waals surface area (Å²) in [5.74, 6) is -5.42. The molecule has 5 aromatic rings. The summed E-state index contributed by atoms with van der Waals surface area (Å²) >= 11 is 0. The van der Waals surface area contributed by atoms with Gasteiger partial charge in [0.05, 0.1) is 11.1 Å². The molecule has 3 atom stereocenters. The van der Waals surface area contributed by atoms with Crippen LogP contribution in [0.3, 0.4) is 0 Å². The van der Waals surface area contributed by atoms with Crippen molar-refractivity contribution in [2.75, 3.05) is 0 Å². The van der Waals surface area contributed by atoms with E-state index >= 15 is 0 Å². The molecule has 7 N–H and O–H groups in total. The lowest BCUT2D eigenvalue weighted by Crippen LogP contribution is -2.33. The summed E-state index contributed by atoms with van der Waals surface area (Å²) in [7, 11) is 0. The summed E-state index contributed by atoms with van der Waals surface area (Å²) < 4.78 is 12.6. The molecule has 56 heavy (non-hydrogen) atoms. The molecule has 290 valence electrons. The van der Waals surface area contributed by atoms with Crippen molar-refractivity contribution < 1.29 is 49.7 Å². The maximum atomic E-state index is 14.9. The van der Waals surface area contributed by atoms with Gasteiger partial charge < -0.3 is 44.9 Å². The standard InChI is InChI=1S/C45H44O11/c1-21(2)6-9-29-42(54)39-35(51)20-34(50)38(44(39)55-43(29)26-11-8-24(47)19-33(26)49)30-16-22(3)17-31(37(30)25-10-7-23(46)18-32(25)48)41(53)28-12-13-36-27(40(28)52)14-15-45(4,5)56-36/h6-8,10-13,16,18-20,30-31,37,46-52H,9,14-15,17H2,1-5H3/t30-,31-,37+/m0/s1. The zero-order valence-corrected chi connectivity index (χ0v) is 31.7. The van der Waals surface area contributed by atoms with Crippen LogP contribution in [0, 0.1) is 5.92 Å². The van der Waals surface area contributed by atoms with Crippen LogP contribution in [0.2, 0.25) is 0 Å². The smallest absolute Gasteiger partial charge is 0.200 e. The van der Waals surface area contributed by atoms with Gasteiger partial charge >= 0.3 is 0 Å². The van der Waals surface area contributed by atoms with Crippen molar-refractivity contribution in [1.82, 2.24) is 0 Å².